The molecule has 0 aromatic heterocycles. The third-order valence-electron chi connectivity index (χ3n) is 4.72. The molecule has 1 amide bonds. The Morgan fingerprint density at radius 2 is 1.62 bits per heavy atom. The Bertz CT molecular complexity index is 1160. The van der Waals surface area contributed by atoms with E-state index in [4.69, 9.17) is 9.57 Å². The predicted molar refractivity (Wildman–Crippen MR) is 112 cm³/mol. The van der Waals surface area contributed by atoms with Gasteiger partial charge in [-0.1, -0.05) is 12.1 Å². The average Bonchev–Trinajstić information content (AvgIpc) is 2.82. The number of hydrazine groups is 1. The summed E-state index contributed by atoms with van der Waals surface area (Å²) in [6.07, 6.45) is 0. The summed E-state index contributed by atoms with van der Waals surface area (Å²) < 4.78 is 5.07. The van der Waals surface area contributed by atoms with Crippen LogP contribution in [0.4, 0.5) is 11.4 Å². The van der Waals surface area contributed by atoms with Crippen LogP contribution >= 0.6 is 0 Å². The number of para-hydroxylation sites is 1. The highest BCUT2D eigenvalue weighted by atomic mass is 16.7. The Labute approximate surface area is 191 Å². The number of carbonyl (C=O) groups is 2. The van der Waals surface area contributed by atoms with E-state index in [1.54, 1.807) is 12.1 Å². The van der Waals surface area contributed by atoms with Gasteiger partial charge in [0.15, 0.2) is 0 Å². The van der Waals surface area contributed by atoms with E-state index in [9.17, 15) is 35.0 Å². The summed E-state index contributed by atoms with van der Waals surface area (Å²) in [6.45, 7) is 1.64. The van der Waals surface area contributed by atoms with Crippen LogP contribution in [-0.2, 0) is 4.79 Å². The highest BCUT2D eigenvalue weighted by Gasteiger charge is 2.28. The molecule has 15 nitrogen and oxygen atoms in total. The molecule has 3 rings (SSSR count). The van der Waals surface area contributed by atoms with Crippen molar-refractivity contribution in [3.05, 3.63) is 73.5 Å². The van der Waals surface area contributed by atoms with Crippen LogP contribution in [0.3, 0.4) is 0 Å². The third kappa shape index (κ3) is 5.50. The summed E-state index contributed by atoms with van der Waals surface area (Å²) in [5.74, 6) is -1.28. The lowest BCUT2D eigenvalue weighted by molar-refractivity contribution is -0.708. The van der Waals surface area contributed by atoms with Gasteiger partial charge >= 0.3 is 11.7 Å². The fourth-order valence-corrected chi connectivity index (χ4v) is 3.10. The van der Waals surface area contributed by atoms with Crippen molar-refractivity contribution in [2.24, 2.45) is 5.28 Å². The second-order valence-corrected chi connectivity index (χ2v) is 6.93. The zero-order valence-corrected chi connectivity index (χ0v) is 17.7. The molecule has 1 aliphatic rings. The Morgan fingerprint density at radius 1 is 0.941 bits per heavy atom. The molecule has 178 valence electrons. The fraction of sp³-hybridized carbons (Fsp3) is 0.263. The molecule has 1 saturated heterocycles. The Hall–Kier alpha value is -4.82. The summed E-state index contributed by atoms with van der Waals surface area (Å²) in [5, 5.41) is 38.7. The minimum Gasteiger partial charge on any atom is -0.569 e. The average molecular weight is 474 g/mol. The smallest absolute Gasteiger partial charge is 0.321 e. The van der Waals surface area contributed by atoms with Gasteiger partial charge in [0.25, 0.3) is 11.6 Å². The molecular weight excluding hydrogens is 456 g/mol. The molecule has 1 aliphatic heterocycles. The van der Waals surface area contributed by atoms with Gasteiger partial charge in [0, 0.05) is 26.1 Å². The molecule has 0 spiro atoms. The SMILES string of the molecule is CC(=O)Oc1ccccc1C(=O)N1CCN(/[N+]([O-])=N/Oc2ccc([N+](=O)[O-])cc2[N+](=O)[O-])CC1. The first-order chi connectivity index (χ1) is 16.2. The van der Waals surface area contributed by atoms with E-state index in [-0.39, 0.29) is 48.4 Å². The van der Waals surface area contributed by atoms with E-state index < -0.39 is 32.9 Å². The number of rotatable bonds is 7. The predicted octanol–water partition coefficient (Wildman–Crippen LogP) is 2.06. The second kappa shape index (κ2) is 10.2. The quantitative estimate of drug-likeness (QED) is 0.144. The molecule has 0 unspecified atom stereocenters. The normalized spacial score (nSPS) is 13.9. The van der Waals surface area contributed by atoms with E-state index >= 15 is 0 Å². The molecular formula is C19H18N6O9. The number of amides is 1. The first-order valence-corrected chi connectivity index (χ1v) is 9.77. The van der Waals surface area contributed by atoms with Gasteiger partial charge in [-0.15, -0.1) is 5.01 Å². The van der Waals surface area contributed by atoms with Crippen molar-refractivity contribution in [1.82, 2.24) is 9.91 Å². The molecule has 2 aromatic carbocycles. The highest BCUT2D eigenvalue weighted by Crippen LogP contribution is 2.31. The number of non-ortho nitro benzene ring substituents is 1. The van der Waals surface area contributed by atoms with Crippen LogP contribution in [0, 0.1) is 25.4 Å². The number of nitro benzene ring substituents is 2. The first kappa shape index (κ1) is 23.8. The van der Waals surface area contributed by atoms with Crippen LogP contribution in [0.5, 0.6) is 11.5 Å². The molecule has 34 heavy (non-hydrogen) atoms. The molecule has 0 radical (unpaired) electrons. The van der Waals surface area contributed by atoms with E-state index in [2.05, 4.69) is 5.28 Å². The van der Waals surface area contributed by atoms with Crippen LogP contribution in [0.15, 0.2) is 47.7 Å². The van der Waals surface area contributed by atoms with Gasteiger partial charge in [-0.25, -0.2) is 0 Å². The van der Waals surface area contributed by atoms with Crippen molar-refractivity contribution in [1.29, 1.82) is 0 Å². The molecule has 15 heteroatoms. The minimum absolute atomic E-state index is 0.0696. The maximum atomic E-state index is 12.8. The molecule has 1 fully saturated rings. The van der Waals surface area contributed by atoms with Gasteiger partial charge < -0.3 is 14.8 Å². The number of nitrogens with zero attached hydrogens (tertiary/aromatic N) is 6. The van der Waals surface area contributed by atoms with Gasteiger partial charge in [0.2, 0.25) is 11.0 Å². The first-order valence-electron chi connectivity index (χ1n) is 9.77. The second-order valence-electron chi connectivity index (χ2n) is 6.93. The van der Waals surface area contributed by atoms with E-state index in [1.165, 1.54) is 29.0 Å². The van der Waals surface area contributed by atoms with Gasteiger partial charge in [0.1, 0.15) is 5.75 Å². The number of nitro groups is 2. The van der Waals surface area contributed by atoms with Gasteiger partial charge in [-0.3, -0.25) is 34.7 Å². The molecule has 0 aliphatic carbocycles. The van der Waals surface area contributed by atoms with Crippen LogP contribution in [0.1, 0.15) is 17.3 Å². The topological polar surface area (TPSA) is 184 Å². The van der Waals surface area contributed by atoms with Crippen molar-refractivity contribution in [2.45, 2.75) is 6.92 Å². The highest BCUT2D eigenvalue weighted by molar-refractivity contribution is 5.97. The number of hydrogen-bond acceptors (Lipinski definition) is 10. The van der Waals surface area contributed by atoms with Gasteiger partial charge in [-0.2, -0.15) is 0 Å². The van der Waals surface area contributed by atoms with E-state index in [1.807, 2.05) is 0 Å². The molecule has 0 atom stereocenters. The molecule has 0 bridgehead atoms. The van der Waals surface area contributed by atoms with E-state index in [0.717, 1.165) is 12.1 Å². The summed E-state index contributed by atoms with van der Waals surface area (Å²) in [4.78, 5) is 50.7. The number of ether oxygens (including phenoxy) is 1. The number of hydrogen-bond donors (Lipinski definition) is 0. The lowest BCUT2D eigenvalue weighted by Crippen LogP contribution is -2.50. The van der Waals surface area contributed by atoms with Crippen molar-refractivity contribution >= 4 is 23.3 Å². The summed E-state index contributed by atoms with van der Waals surface area (Å²) in [7, 11) is 0. The number of benzene rings is 2. The number of esters is 1. The largest absolute Gasteiger partial charge is 0.569 e. The summed E-state index contributed by atoms with van der Waals surface area (Å²) >= 11 is 0. The third-order valence-corrected chi connectivity index (χ3v) is 4.72. The number of carbonyl (C=O) groups excluding carboxylic acids is 2. The molecule has 0 saturated carbocycles. The van der Waals surface area contributed by atoms with E-state index in [0.29, 0.717) is 6.07 Å². The van der Waals surface area contributed by atoms with Crippen LogP contribution < -0.4 is 9.57 Å². The zero-order valence-electron chi connectivity index (χ0n) is 17.7. The lowest BCUT2D eigenvalue weighted by atomic mass is 10.1. The molecule has 2 aromatic rings. The molecule has 0 N–H and O–H groups in total. The monoisotopic (exact) mass is 474 g/mol. The summed E-state index contributed by atoms with van der Waals surface area (Å²) in [5.41, 5.74) is -1.05. The maximum Gasteiger partial charge on any atom is 0.321 e. The number of piperazine rings is 1. The van der Waals surface area contributed by atoms with Gasteiger partial charge in [0.05, 0.1) is 39.5 Å². The van der Waals surface area contributed by atoms with Crippen LogP contribution in [0.25, 0.3) is 0 Å². The van der Waals surface area contributed by atoms with Crippen molar-refractivity contribution < 1.29 is 34.0 Å². The summed E-state index contributed by atoms with van der Waals surface area (Å²) in [6, 6.07) is 8.90. The fourth-order valence-electron chi connectivity index (χ4n) is 3.10. The maximum absolute atomic E-state index is 12.8. The lowest BCUT2D eigenvalue weighted by Gasteiger charge is -2.31. The van der Waals surface area contributed by atoms with Crippen molar-refractivity contribution in [3.63, 3.8) is 0 Å². The van der Waals surface area contributed by atoms with Gasteiger partial charge in [-0.05, 0) is 18.2 Å². The molecule has 1 heterocycles. The van der Waals surface area contributed by atoms with Crippen LogP contribution in [0.2, 0.25) is 0 Å². The Kier molecular flexibility index (Phi) is 7.15. The zero-order chi connectivity index (χ0) is 24.8. The van der Waals surface area contributed by atoms with Crippen molar-refractivity contribution in [3.8, 4) is 11.5 Å². The standard InChI is InChI=1S/C19H18N6O9/c1-13(26)33-17-5-3-2-4-15(17)19(27)21-8-10-22(11-9-21)25(32)20-34-18-7-6-14(23(28)29)12-16(18)24(30)31/h2-7,12H,8-11H2,1H3/b25-20-. The minimum atomic E-state index is -0.898. The van der Waals surface area contributed by atoms with Crippen molar-refractivity contribution in [2.75, 3.05) is 26.2 Å². The Morgan fingerprint density at radius 3 is 2.24 bits per heavy atom. The van der Waals surface area contributed by atoms with Crippen LogP contribution in [-0.4, -0.2) is 62.8 Å². The Balaban J connectivity index is 1.65.